The molecule has 3 N–H and O–H groups in total. The van der Waals surface area contributed by atoms with Gasteiger partial charge in [0.2, 0.25) is 0 Å². The Hall–Kier alpha value is -3.44. The van der Waals surface area contributed by atoms with Gasteiger partial charge in [0.25, 0.3) is 17.5 Å². The van der Waals surface area contributed by atoms with Gasteiger partial charge in [0.15, 0.2) is 18.3 Å². The number of rotatable bonds is 7. The van der Waals surface area contributed by atoms with Gasteiger partial charge in [-0.3, -0.25) is 35.9 Å². The molecule has 2 amide bonds. The molecule has 0 heterocycles. The van der Waals surface area contributed by atoms with Gasteiger partial charge in [0.1, 0.15) is 11.5 Å². The van der Waals surface area contributed by atoms with Crippen molar-refractivity contribution in [2.75, 3.05) is 13.2 Å². The quantitative estimate of drug-likeness (QED) is 0.338. The van der Waals surface area contributed by atoms with E-state index in [1.807, 2.05) is 0 Å². The molecule has 0 unspecified atom stereocenters. The molecule has 0 bridgehead atoms. The van der Waals surface area contributed by atoms with Crippen LogP contribution in [0.2, 0.25) is 5.02 Å². The lowest BCUT2D eigenvalue weighted by Crippen LogP contribution is -2.50. The number of nitrogens with one attached hydrogen (secondary N) is 3. The van der Waals surface area contributed by atoms with Crippen molar-refractivity contribution < 1.29 is 24.0 Å². The number of hydrogen-bond acceptors (Lipinski definition) is 7. The Balaban J connectivity index is 1.64. The average Bonchev–Trinajstić information content (AvgIpc) is 2.70. The first-order chi connectivity index (χ1) is 13.8. The van der Waals surface area contributed by atoms with E-state index in [1.165, 1.54) is 24.3 Å². The van der Waals surface area contributed by atoms with Crippen LogP contribution in [0, 0.1) is 10.1 Å². The number of benzene rings is 2. The molecule has 0 saturated heterocycles. The molecular formula is C17H15ClN4O6S. The number of non-ortho nitro benzene ring substituents is 1. The topological polar surface area (TPSA) is 132 Å². The summed E-state index contributed by atoms with van der Waals surface area (Å²) in [6, 6.07) is 11.7. The fraction of sp³-hybridized carbons (Fsp3) is 0.118. The summed E-state index contributed by atoms with van der Waals surface area (Å²) in [4.78, 5) is 33.5. The molecule has 2 aromatic carbocycles. The maximum Gasteiger partial charge on any atom is 0.276 e. The Morgan fingerprint density at radius 1 is 0.931 bits per heavy atom. The fourth-order valence-electron chi connectivity index (χ4n) is 1.85. The summed E-state index contributed by atoms with van der Waals surface area (Å²) < 4.78 is 10.4. The maximum atomic E-state index is 11.8. The van der Waals surface area contributed by atoms with Gasteiger partial charge in [0.05, 0.1) is 4.92 Å². The first-order valence-corrected chi connectivity index (χ1v) is 8.76. The third kappa shape index (κ3) is 7.99. The monoisotopic (exact) mass is 438 g/mol. The minimum atomic E-state index is -0.590. The van der Waals surface area contributed by atoms with Crippen LogP contribution in [0.25, 0.3) is 0 Å². The lowest BCUT2D eigenvalue weighted by Gasteiger charge is -2.12. The molecule has 0 aliphatic rings. The number of carbonyl (C=O) groups is 2. The van der Waals surface area contributed by atoms with E-state index in [-0.39, 0.29) is 29.8 Å². The largest absolute Gasteiger partial charge is 0.484 e. The summed E-state index contributed by atoms with van der Waals surface area (Å²) >= 11 is 10.6. The lowest BCUT2D eigenvalue weighted by atomic mass is 10.3. The minimum absolute atomic E-state index is 0.0945. The van der Waals surface area contributed by atoms with E-state index >= 15 is 0 Å². The number of ether oxygens (including phenoxy) is 2. The molecule has 2 rings (SSSR count). The number of hydrogen-bond donors (Lipinski definition) is 3. The van der Waals surface area contributed by atoms with E-state index in [9.17, 15) is 19.7 Å². The lowest BCUT2D eigenvalue weighted by molar-refractivity contribution is -0.384. The number of halogens is 1. The third-order valence-corrected chi connectivity index (χ3v) is 3.63. The van der Waals surface area contributed by atoms with Crippen molar-refractivity contribution in [3.63, 3.8) is 0 Å². The predicted octanol–water partition coefficient (Wildman–Crippen LogP) is 1.73. The number of nitro benzene ring substituents is 1. The number of thiocarbonyl (C=S) groups is 1. The van der Waals surface area contributed by atoms with E-state index in [2.05, 4.69) is 16.2 Å². The van der Waals surface area contributed by atoms with Crippen LogP contribution in [-0.4, -0.2) is 35.1 Å². The van der Waals surface area contributed by atoms with Crippen molar-refractivity contribution >= 4 is 46.4 Å². The standard InChI is InChI=1S/C17H15ClN4O6S/c18-11-1-5-13(6-2-11)28-10-16(24)20-21-17(29)19-15(23)9-27-14-7-3-12(4-8-14)22(25)26/h1-8H,9-10H2,(H,20,24)(H2,19,21,23,29). The summed E-state index contributed by atoms with van der Waals surface area (Å²) in [6.45, 7) is -0.665. The smallest absolute Gasteiger partial charge is 0.276 e. The number of hydrazine groups is 1. The van der Waals surface area contributed by atoms with Crippen LogP contribution in [0.1, 0.15) is 0 Å². The van der Waals surface area contributed by atoms with E-state index in [1.54, 1.807) is 24.3 Å². The zero-order valence-corrected chi connectivity index (χ0v) is 16.3. The molecule has 0 radical (unpaired) electrons. The van der Waals surface area contributed by atoms with Crippen molar-refractivity contribution in [3.8, 4) is 11.5 Å². The van der Waals surface area contributed by atoms with Crippen molar-refractivity contribution in [1.82, 2.24) is 16.2 Å². The van der Waals surface area contributed by atoms with Crippen LogP contribution in [0.4, 0.5) is 5.69 Å². The molecule has 152 valence electrons. The SMILES string of the molecule is O=C(COc1ccc(Cl)cc1)NNC(=S)NC(=O)COc1ccc([N+](=O)[O-])cc1. The third-order valence-electron chi connectivity index (χ3n) is 3.17. The van der Waals surface area contributed by atoms with E-state index in [0.29, 0.717) is 10.8 Å². The van der Waals surface area contributed by atoms with Crippen molar-refractivity contribution in [3.05, 3.63) is 63.7 Å². The van der Waals surface area contributed by atoms with Gasteiger partial charge in [-0.2, -0.15) is 0 Å². The molecule has 0 fully saturated rings. The molecule has 0 atom stereocenters. The molecule has 0 spiro atoms. The molecular weight excluding hydrogens is 424 g/mol. The van der Waals surface area contributed by atoms with Crippen LogP contribution in [0.5, 0.6) is 11.5 Å². The second-order valence-electron chi connectivity index (χ2n) is 5.33. The number of nitrogens with zero attached hydrogens (tertiary/aromatic N) is 1. The van der Waals surface area contributed by atoms with Gasteiger partial charge in [-0.25, -0.2) is 0 Å². The second kappa shape index (κ2) is 10.8. The minimum Gasteiger partial charge on any atom is -0.484 e. The van der Waals surface area contributed by atoms with Crippen LogP contribution < -0.4 is 25.6 Å². The number of amides is 2. The van der Waals surface area contributed by atoms with Crippen LogP contribution in [0.3, 0.4) is 0 Å². The Kier molecular flexibility index (Phi) is 8.12. The Labute approximate surface area is 175 Å². The molecule has 0 saturated carbocycles. The number of nitro groups is 1. The van der Waals surface area contributed by atoms with Gasteiger partial charge in [-0.15, -0.1) is 0 Å². The van der Waals surface area contributed by atoms with E-state index in [0.717, 1.165) is 0 Å². The molecule has 0 aliphatic heterocycles. The van der Waals surface area contributed by atoms with Gasteiger partial charge >= 0.3 is 0 Å². The zero-order chi connectivity index (χ0) is 21.2. The molecule has 0 aliphatic carbocycles. The Bertz CT molecular complexity index is 892. The molecule has 2 aromatic rings. The van der Waals surface area contributed by atoms with Crippen molar-refractivity contribution in [2.45, 2.75) is 0 Å². The summed E-state index contributed by atoms with van der Waals surface area (Å²) in [5, 5.41) is 13.3. The maximum absolute atomic E-state index is 11.8. The fourth-order valence-corrected chi connectivity index (χ4v) is 2.14. The Morgan fingerprint density at radius 2 is 1.45 bits per heavy atom. The highest BCUT2D eigenvalue weighted by Gasteiger charge is 2.09. The van der Waals surface area contributed by atoms with E-state index in [4.69, 9.17) is 33.3 Å². The summed E-state index contributed by atoms with van der Waals surface area (Å²) in [7, 11) is 0. The summed E-state index contributed by atoms with van der Waals surface area (Å²) in [5.74, 6) is -0.382. The summed E-state index contributed by atoms with van der Waals surface area (Å²) in [6.07, 6.45) is 0. The molecule has 0 aromatic heterocycles. The van der Waals surface area contributed by atoms with Crippen LogP contribution in [0.15, 0.2) is 48.5 Å². The predicted molar refractivity (Wildman–Crippen MR) is 108 cm³/mol. The van der Waals surface area contributed by atoms with E-state index < -0.39 is 16.7 Å². The van der Waals surface area contributed by atoms with Gasteiger partial charge in [0, 0.05) is 17.2 Å². The van der Waals surface area contributed by atoms with Crippen molar-refractivity contribution in [1.29, 1.82) is 0 Å². The average molecular weight is 439 g/mol. The highest BCUT2D eigenvalue weighted by molar-refractivity contribution is 7.80. The zero-order valence-electron chi connectivity index (χ0n) is 14.7. The normalized spacial score (nSPS) is 9.83. The highest BCUT2D eigenvalue weighted by Crippen LogP contribution is 2.17. The Morgan fingerprint density at radius 3 is 2.00 bits per heavy atom. The highest BCUT2D eigenvalue weighted by atomic mass is 35.5. The summed E-state index contributed by atoms with van der Waals surface area (Å²) in [5.41, 5.74) is 4.51. The first-order valence-electron chi connectivity index (χ1n) is 7.98. The second-order valence-corrected chi connectivity index (χ2v) is 6.18. The van der Waals surface area contributed by atoms with Gasteiger partial charge < -0.3 is 9.47 Å². The van der Waals surface area contributed by atoms with Gasteiger partial charge in [-0.05, 0) is 48.6 Å². The molecule has 12 heteroatoms. The first kappa shape index (κ1) is 21.9. The molecule has 29 heavy (non-hydrogen) atoms. The van der Waals surface area contributed by atoms with Crippen molar-refractivity contribution in [2.24, 2.45) is 0 Å². The van der Waals surface area contributed by atoms with Crippen LogP contribution >= 0.6 is 23.8 Å². The van der Waals surface area contributed by atoms with Crippen LogP contribution in [-0.2, 0) is 9.59 Å². The molecule has 10 nitrogen and oxygen atoms in total. The van der Waals surface area contributed by atoms with Gasteiger partial charge in [-0.1, -0.05) is 11.6 Å². The number of carbonyl (C=O) groups excluding carboxylic acids is 2.